The number of urea groups is 1. The van der Waals surface area contributed by atoms with Gasteiger partial charge in [-0.2, -0.15) is 0 Å². The van der Waals surface area contributed by atoms with Crippen LogP contribution >= 0.6 is 0 Å². The lowest BCUT2D eigenvalue weighted by Gasteiger charge is -2.24. The van der Waals surface area contributed by atoms with Gasteiger partial charge in [-0.15, -0.1) is 0 Å². The number of aromatic nitrogens is 1. The smallest absolute Gasteiger partial charge is 0.325 e. The molecule has 0 saturated heterocycles. The maximum atomic E-state index is 13.8. The number of rotatable bonds is 7. The average Bonchev–Trinajstić information content (AvgIpc) is 2.86. The first-order valence-electron chi connectivity index (χ1n) is 11.5. The molecule has 0 bridgehead atoms. The number of likely N-dealkylation sites (N-methyl/N-ethyl adjacent to an activating group) is 1. The lowest BCUT2D eigenvalue weighted by atomic mass is 10.0. The Balaban J connectivity index is 1.61. The summed E-state index contributed by atoms with van der Waals surface area (Å²) < 4.78 is 55.1. The van der Waals surface area contributed by atoms with Crippen LogP contribution in [-0.4, -0.2) is 38.4 Å². The molecular formula is C27H24F2N4O4S. The fourth-order valence-electron chi connectivity index (χ4n) is 3.99. The van der Waals surface area contributed by atoms with Crippen LogP contribution in [0.15, 0.2) is 83.9 Å². The molecule has 0 fully saturated rings. The van der Waals surface area contributed by atoms with Crippen molar-refractivity contribution in [2.45, 2.75) is 24.3 Å². The highest BCUT2D eigenvalue weighted by molar-refractivity contribution is 7.90. The third kappa shape index (κ3) is 6.12. The Morgan fingerprint density at radius 3 is 2.26 bits per heavy atom. The summed E-state index contributed by atoms with van der Waals surface area (Å²) in [5.41, 5.74) is 0.501. The summed E-state index contributed by atoms with van der Waals surface area (Å²) in [6.45, 7) is 1.57. The van der Waals surface area contributed by atoms with Gasteiger partial charge in [-0.25, -0.2) is 31.7 Å². The Bertz CT molecular complexity index is 1610. The van der Waals surface area contributed by atoms with Crippen molar-refractivity contribution in [3.05, 3.63) is 102 Å². The molecule has 0 unspecified atom stereocenters. The van der Waals surface area contributed by atoms with Crippen LogP contribution < -0.4 is 14.9 Å². The molecule has 3 aromatic carbocycles. The van der Waals surface area contributed by atoms with Crippen LogP contribution in [0, 0.1) is 18.6 Å². The van der Waals surface area contributed by atoms with Crippen LogP contribution in [0.1, 0.15) is 11.1 Å². The molecule has 0 saturated carbocycles. The third-order valence-electron chi connectivity index (χ3n) is 5.87. The third-order valence-corrected chi connectivity index (χ3v) is 7.36. The van der Waals surface area contributed by atoms with Gasteiger partial charge in [0.25, 0.3) is 15.9 Å². The van der Waals surface area contributed by atoms with Gasteiger partial charge < -0.3 is 5.32 Å². The molecule has 8 nitrogen and oxygen atoms in total. The number of nitrogens with one attached hydrogen (secondary N) is 2. The first-order valence-corrected chi connectivity index (χ1v) is 13.0. The second kappa shape index (κ2) is 10.9. The van der Waals surface area contributed by atoms with E-state index in [1.54, 1.807) is 31.3 Å². The number of hydrogen-bond acceptors (Lipinski definition) is 5. The van der Waals surface area contributed by atoms with E-state index in [4.69, 9.17) is 0 Å². The van der Waals surface area contributed by atoms with Gasteiger partial charge in [0.1, 0.15) is 23.5 Å². The maximum absolute atomic E-state index is 13.8. The number of amides is 3. The van der Waals surface area contributed by atoms with Gasteiger partial charge in [-0.1, -0.05) is 42.5 Å². The molecule has 0 aliphatic heterocycles. The number of aryl methyl sites for hydroxylation is 1. The molecule has 1 heterocycles. The van der Waals surface area contributed by atoms with Crippen molar-refractivity contribution in [1.82, 2.24) is 15.0 Å². The minimum Gasteiger partial charge on any atom is -0.325 e. The molecule has 1 aromatic heterocycles. The molecule has 2 N–H and O–H groups in total. The number of halogens is 2. The van der Waals surface area contributed by atoms with Gasteiger partial charge in [0, 0.05) is 31.1 Å². The van der Waals surface area contributed by atoms with Crippen LogP contribution in [-0.2, 0) is 21.2 Å². The standard InChI is InChI=1S/C27H24F2N4O4S/c1-17-7-3-6-10-24(17)38(36,37)32-27(35)31-23(13-18-11-21(28)15-22(29)12-18)26(34)33(2)25-14-19-8-4-5-9-20(19)16-30-25/h3-12,14-16,23H,13H2,1-2H3,(H2,31,32,35)/t23-/m0/s1. The molecule has 38 heavy (non-hydrogen) atoms. The molecule has 0 radical (unpaired) electrons. The summed E-state index contributed by atoms with van der Waals surface area (Å²) in [5.74, 6) is -2.13. The van der Waals surface area contributed by atoms with Crippen molar-refractivity contribution in [2.24, 2.45) is 0 Å². The fraction of sp³-hybridized carbons (Fsp3) is 0.148. The van der Waals surface area contributed by atoms with Gasteiger partial charge in [-0.3, -0.25) is 9.69 Å². The Morgan fingerprint density at radius 1 is 0.947 bits per heavy atom. The highest BCUT2D eigenvalue weighted by atomic mass is 32.2. The zero-order valence-electron chi connectivity index (χ0n) is 20.5. The normalized spacial score (nSPS) is 12.1. The number of nitrogens with zero attached hydrogens (tertiary/aromatic N) is 2. The van der Waals surface area contributed by atoms with E-state index in [9.17, 15) is 26.8 Å². The average molecular weight is 539 g/mol. The monoisotopic (exact) mass is 538 g/mol. The number of anilines is 1. The van der Waals surface area contributed by atoms with E-state index < -0.39 is 39.6 Å². The van der Waals surface area contributed by atoms with Crippen molar-refractivity contribution >= 4 is 38.6 Å². The molecule has 0 spiro atoms. The number of fused-ring (bicyclic) bond motifs is 1. The van der Waals surface area contributed by atoms with Gasteiger partial charge in [0.15, 0.2) is 0 Å². The second-order valence-electron chi connectivity index (χ2n) is 8.67. The molecule has 11 heteroatoms. The zero-order valence-corrected chi connectivity index (χ0v) is 21.3. The Kier molecular flexibility index (Phi) is 7.67. The van der Waals surface area contributed by atoms with E-state index in [0.717, 1.165) is 22.9 Å². The maximum Gasteiger partial charge on any atom is 0.329 e. The summed E-state index contributed by atoms with van der Waals surface area (Å²) in [7, 11) is -2.83. The van der Waals surface area contributed by atoms with E-state index in [2.05, 4.69) is 10.3 Å². The number of carbonyl (C=O) groups is 2. The Morgan fingerprint density at radius 2 is 1.58 bits per heavy atom. The zero-order chi connectivity index (χ0) is 27.4. The second-order valence-corrected chi connectivity index (χ2v) is 10.3. The Labute approximate surface area is 218 Å². The summed E-state index contributed by atoms with van der Waals surface area (Å²) in [6.07, 6.45) is 1.27. The van der Waals surface area contributed by atoms with Gasteiger partial charge in [-0.05, 0) is 47.7 Å². The number of sulfonamides is 1. The van der Waals surface area contributed by atoms with E-state index >= 15 is 0 Å². The van der Waals surface area contributed by atoms with Crippen LogP contribution in [0.5, 0.6) is 0 Å². The molecule has 0 aliphatic rings. The summed E-state index contributed by atoms with van der Waals surface area (Å²) in [6, 6.07) is 15.3. The summed E-state index contributed by atoms with van der Waals surface area (Å²) in [5, 5.41) is 4.01. The number of benzene rings is 3. The highest BCUT2D eigenvalue weighted by Gasteiger charge is 2.28. The lowest BCUT2D eigenvalue weighted by molar-refractivity contribution is -0.120. The minimum atomic E-state index is -4.26. The van der Waals surface area contributed by atoms with E-state index in [-0.39, 0.29) is 22.7 Å². The first kappa shape index (κ1) is 26.7. The van der Waals surface area contributed by atoms with Gasteiger partial charge in [0.05, 0.1) is 4.90 Å². The lowest BCUT2D eigenvalue weighted by Crippen LogP contribution is -2.52. The molecular weight excluding hydrogens is 514 g/mol. The van der Waals surface area contributed by atoms with Crippen molar-refractivity contribution in [2.75, 3.05) is 11.9 Å². The van der Waals surface area contributed by atoms with Crippen molar-refractivity contribution in [1.29, 1.82) is 0 Å². The molecule has 4 rings (SSSR count). The molecule has 3 amide bonds. The van der Waals surface area contributed by atoms with Crippen molar-refractivity contribution in [3.8, 4) is 0 Å². The number of pyridine rings is 1. The SMILES string of the molecule is Cc1ccccc1S(=O)(=O)NC(=O)N[C@@H](Cc1cc(F)cc(F)c1)C(=O)N(C)c1cc2ccccc2cn1. The van der Waals surface area contributed by atoms with E-state index in [1.165, 1.54) is 24.1 Å². The Hall–Kier alpha value is -4.38. The van der Waals surface area contributed by atoms with Gasteiger partial charge in [0.2, 0.25) is 0 Å². The molecule has 4 aromatic rings. The van der Waals surface area contributed by atoms with Crippen LogP contribution in [0.25, 0.3) is 10.8 Å². The van der Waals surface area contributed by atoms with Crippen molar-refractivity contribution < 1.29 is 26.8 Å². The number of carbonyl (C=O) groups excluding carboxylic acids is 2. The van der Waals surface area contributed by atoms with E-state index in [0.29, 0.717) is 11.6 Å². The predicted octanol–water partition coefficient (Wildman–Crippen LogP) is 4.08. The largest absolute Gasteiger partial charge is 0.329 e. The summed E-state index contributed by atoms with van der Waals surface area (Å²) >= 11 is 0. The van der Waals surface area contributed by atoms with Crippen LogP contribution in [0.2, 0.25) is 0 Å². The topological polar surface area (TPSA) is 108 Å². The highest BCUT2D eigenvalue weighted by Crippen LogP contribution is 2.20. The van der Waals surface area contributed by atoms with Crippen LogP contribution in [0.3, 0.4) is 0 Å². The van der Waals surface area contributed by atoms with Crippen molar-refractivity contribution in [3.63, 3.8) is 0 Å². The molecule has 196 valence electrons. The van der Waals surface area contributed by atoms with Gasteiger partial charge >= 0.3 is 6.03 Å². The fourth-order valence-corrected chi connectivity index (χ4v) is 5.15. The predicted molar refractivity (Wildman–Crippen MR) is 139 cm³/mol. The number of hydrogen-bond donors (Lipinski definition) is 2. The van der Waals surface area contributed by atoms with Crippen LogP contribution in [0.4, 0.5) is 19.4 Å². The summed E-state index contributed by atoms with van der Waals surface area (Å²) in [4.78, 5) is 31.6. The van der Waals surface area contributed by atoms with E-state index in [1.807, 2.05) is 29.0 Å². The molecule has 0 aliphatic carbocycles. The quantitative estimate of drug-likeness (QED) is 0.369. The molecule has 1 atom stereocenters. The first-order chi connectivity index (χ1) is 18.0. The minimum absolute atomic E-state index is 0.0859.